The van der Waals surface area contributed by atoms with Gasteiger partial charge in [-0.05, 0) is 49.1 Å². The predicted molar refractivity (Wildman–Crippen MR) is 143 cm³/mol. The number of benzene rings is 2. The Morgan fingerprint density at radius 2 is 1.75 bits per heavy atom. The van der Waals surface area contributed by atoms with Crippen LogP contribution in [0.1, 0.15) is 51.5 Å². The Hall–Kier alpha value is -3.07. The van der Waals surface area contributed by atoms with Gasteiger partial charge >= 0.3 is 0 Å². The maximum absolute atomic E-state index is 13.5. The number of nitrogens with zero attached hydrogens (tertiary/aromatic N) is 2. The average molecular weight is 518 g/mol. The lowest BCUT2D eigenvalue weighted by molar-refractivity contribution is -0.141. The van der Waals surface area contributed by atoms with Gasteiger partial charge in [0.2, 0.25) is 21.8 Å². The van der Waals surface area contributed by atoms with Crippen molar-refractivity contribution in [2.75, 3.05) is 30.8 Å². The highest BCUT2D eigenvalue weighted by molar-refractivity contribution is 7.92. The maximum atomic E-state index is 13.5. The van der Waals surface area contributed by atoms with Crippen LogP contribution in [0.2, 0.25) is 0 Å². The monoisotopic (exact) mass is 517 g/mol. The van der Waals surface area contributed by atoms with E-state index in [1.54, 1.807) is 36.3 Å². The second kappa shape index (κ2) is 14.5. The van der Waals surface area contributed by atoms with E-state index in [2.05, 4.69) is 12.2 Å². The first-order valence-corrected chi connectivity index (χ1v) is 14.3. The van der Waals surface area contributed by atoms with Crippen LogP contribution in [0.15, 0.2) is 54.6 Å². The van der Waals surface area contributed by atoms with Crippen LogP contribution in [-0.4, -0.2) is 57.6 Å². The van der Waals surface area contributed by atoms with Gasteiger partial charge in [0, 0.05) is 26.1 Å². The smallest absolute Gasteiger partial charge is 0.242 e. The number of carbonyl (C=O) groups is 2. The highest BCUT2D eigenvalue weighted by atomic mass is 32.2. The van der Waals surface area contributed by atoms with Crippen molar-refractivity contribution in [2.45, 2.75) is 58.5 Å². The van der Waals surface area contributed by atoms with E-state index in [0.29, 0.717) is 30.8 Å². The van der Waals surface area contributed by atoms with Crippen LogP contribution in [0.4, 0.5) is 5.69 Å². The van der Waals surface area contributed by atoms with Gasteiger partial charge in [-0.3, -0.25) is 13.9 Å². The van der Waals surface area contributed by atoms with Gasteiger partial charge in [-0.25, -0.2) is 8.42 Å². The molecule has 0 bridgehead atoms. The fourth-order valence-electron chi connectivity index (χ4n) is 3.99. The number of rotatable bonds is 15. The highest BCUT2D eigenvalue weighted by Crippen LogP contribution is 2.20. The van der Waals surface area contributed by atoms with Crippen LogP contribution >= 0.6 is 0 Å². The molecule has 36 heavy (non-hydrogen) atoms. The fourth-order valence-corrected chi connectivity index (χ4v) is 4.96. The molecule has 0 radical (unpaired) electrons. The Labute approximate surface area is 215 Å². The molecule has 0 heterocycles. The van der Waals surface area contributed by atoms with Gasteiger partial charge in [-0.15, -0.1) is 0 Å². The number of para-hydroxylation sites is 1. The van der Waals surface area contributed by atoms with Gasteiger partial charge in [0.1, 0.15) is 11.8 Å². The minimum absolute atomic E-state index is 0.113. The number of anilines is 1. The van der Waals surface area contributed by atoms with E-state index >= 15 is 0 Å². The van der Waals surface area contributed by atoms with Crippen LogP contribution in [0.5, 0.6) is 5.75 Å². The molecule has 1 atom stereocenters. The molecule has 1 N–H and O–H groups in total. The number of unbranched alkanes of at least 4 members (excludes halogenated alkanes) is 1. The summed E-state index contributed by atoms with van der Waals surface area (Å²) in [5.41, 5.74) is 1.41. The van der Waals surface area contributed by atoms with E-state index in [1.807, 2.05) is 37.3 Å². The van der Waals surface area contributed by atoms with E-state index < -0.39 is 16.1 Å². The molecule has 9 heteroatoms. The Balaban J connectivity index is 2.20. The first-order valence-electron chi connectivity index (χ1n) is 12.4. The van der Waals surface area contributed by atoms with Crippen LogP contribution in [0.3, 0.4) is 0 Å². The lowest BCUT2D eigenvalue weighted by Crippen LogP contribution is -2.49. The standard InChI is InChI=1S/C27H39N3O5S/c1-5-7-18-28-27(32)25(6-2)29(21-22-13-11-16-24(20-22)35-3)26(31)17-12-19-30(36(4,33)34)23-14-9-8-10-15-23/h8-11,13-16,20,25H,5-7,12,17-19,21H2,1-4H3,(H,28,32)/t25-/m1/s1. The number of amides is 2. The Kier molecular flexibility index (Phi) is 11.7. The summed E-state index contributed by atoms with van der Waals surface area (Å²) in [6.07, 6.45) is 3.89. The summed E-state index contributed by atoms with van der Waals surface area (Å²) < 4.78 is 31.4. The largest absolute Gasteiger partial charge is 0.497 e. The summed E-state index contributed by atoms with van der Waals surface area (Å²) >= 11 is 0. The molecular weight excluding hydrogens is 478 g/mol. The molecule has 0 fully saturated rings. The first kappa shape index (κ1) is 29.2. The summed E-state index contributed by atoms with van der Waals surface area (Å²) in [5.74, 6) is 0.299. The van der Waals surface area contributed by atoms with Crippen molar-refractivity contribution in [3.8, 4) is 5.75 Å². The molecular formula is C27H39N3O5S. The third-order valence-corrected chi connectivity index (χ3v) is 7.09. The summed E-state index contributed by atoms with van der Waals surface area (Å²) in [5, 5.41) is 2.95. The molecule has 0 saturated carbocycles. The molecule has 8 nitrogen and oxygen atoms in total. The second-order valence-electron chi connectivity index (χ2n) is 8.72. The molecule has 0 saturated heterocycles. The molecule has 0 aliphatic rings. The maximum Gasteiger partial charge on any atom is 0.242 e. The first-order chi connectivity index (χ1) is 17.2. The van der Waals surface area contributed by atoms with Gasteiger partial charge in [0.15, 0.2) is 0 Å². The molecule has 2 aromatic carbocycles. The number of ether oxygens (including phenoxy) is 1. The zero-order valence-corrected chi connectivity index (χ0v) is 22.6. The van der Waals surface area contributed by atoms with E-state index in [0.717, 1.165) is 24.7 Å². The predicted octanol–water partition coefficient (Wildman–Crippen LogP) is 3.97. The molecule has 198 valence electrons. The lowest BCUT2D eigenvalue weighted by Gasteiger charge is -2.31. The van der Waals surface area contributed by atoms with Crippen molar-refractivity contribution in [1.82, 2.24) is 10.2 Å². The highest BCUT2D eigenvalue weighted by Gasteiger charge is 2.28. The van der Waals surface area contributed by atoms with Crippen LogP contribution in [0, 0.1) is 0 Å². The third-order valence-electron chi connectivity index (χ3n) is 5.90. The summed E-state index contributed by atoms with van der Waals surface area (Å²) in [6, 6.07) is 15.6. The van der Waals surface area contributed by atoms with Crippen molar-refractivity contribution in [1.29, 1.82) is 0 Å². The van der Waals surface area contributed by atoms with E-state index in [1.165, 1.54) is 4.31 Å². The normalized spacial score (nSPS) is 12.0. The van der Waals surface area contributed by atoms with Gasteiger partial charge in [0.05, 0.1) is 19.1 Å². The lowest BCUT2D eigenvalue weighted by atomic mass is 10.1. The number of nitrogens with one attached hydrogen (secondary N) is 1. The number of methoxy groups -OCH3 is 1. The second-order valence-corrected chi connectivity index (χ2v) is 10.6. The minimum atomic E-state index is -3.51. The quantitative estimate of drug-likeness (QED) is 0.361. The van der Waals surface area contributed by atoms with Crippen molar-refractivity contribution in [2.24, 2.45) is 0 Å². The van der Waals surface area contributed by atoms with Crippen molar-refractivity contribution in [3.05, 3.63) is 60.2 Å². The van der Waals surface area contributed by atoms with Crippen molar-refractivity contribution in [3.63, 3.8) is 0 Å². The number of carbonyl (C=O) groups excluding carboxylic acids is 2. The SMILES string of the molecule is CCCCNC(=O)[C@@H](CC)N(Cc1cccc(OC)c1)C(=O)CCCN(c1ccccc1)S(C)(=O)=O. The van der Waals surface area contributed by atoms with Crippen molar-refractivity contribution < 1.29 is 22.7 Å². The van der Waals surface area contributed by atoms with Gasteiger partial charge < -0.3 is 15.0 Å². The molecule has 0 aliphatic carbocycles. The van der Waals surface area contributed by atoms with Crippen LogP contribution < -0.4 is 14.4 Å². The third kappa shape index (κ3) is 8.86. The van der Waals surface area contributed by atoms with E-state index in [9.17, 15) is 18.0 Å². The molecule has 0 unspecified atom stereocenters. The minimum Gasteiger partial charge on any atom is -0.497 e. The Morgan fingerprint density at radius 3 is 2.36 bits per heavy atom. The Bertz CT molecular complexity index is 1080. The molecule has 0 aromatic heterocycles. The summed E-state index contributed by atoms with van der Waals surface area (Å²) in [7, 11) is -1.93. The van der Waals surface area contributed by atoms with Crippen LogP contribution in [0.25, 0.3) is 0 Å². The zero-order chi connectivity index (χ0) is 26.6. The molecule has 2 aromatic rings. The van der Waals surface area contributed by atoms with Gasteiger partial charge in [0.25, 0.3) is 0 Å². The van der Waals surface area contributed by atoms with Crippen LogP contribution in [-0.2, 0) is 26.2 Å². The number of hydrogen-bond donors (Lipinski definition) is 1. The molecule has 2 amide bonds. The summed E-state index contributed by atoms with van der Waals surface area (Å²) in [6.45, 7) is 4.92. The zero-order valence-electron chi connectivity index (χ0n) is 21.8. The molecule has 0 spiro atoms. The van der Waals surface area contributed by atoms with Gasteiger partial charge in [-0.2, -0.15) is 0 Å². The number of sulfonamides is 1. The number of hydrogen-bond acceptors (Lipinski definition) is 5. The fraction of sp³-hybridized carbons (Fsp3) is 0.481. The molecule has 2 rings (SSSR count). The topological polar surface area (TPSA) is 96.0 Å². The average Bonchev–Trinajstić information content (AvgIpc) is 2.86. The van der Waals surface area contributed by atoms with Crippen molar-refractivity contribution >= 4 is 27.5 Å². The van der Waals surface area contributed by atoms with E-state index in [-0.39, 0.29) is 31.3 Å². The summed E-state index contributed by atoms with van der Waals surface area (Å²) in [4.78, 5) is 28.0. The van der Waals surface area contributed by atoms with E-state index in [4.69, 9.17) is 4.74 Å². The molecule has 0 aliphatic heterocycles. The Morgan fingerprint density at radius 1 is 1.03 bits per heavy atom. The van der Waals surface area contributed by atoms with Gasteiger partial charge in [-0.1, -0.05) is 50.6 Å².